The number of pyridine rings is 1. The number of carbonyl (C=O) groups excluding carboxylic acids is 2. The molecule has 2 saturated heterocycles. The van der Waals surface area contributed by atoms with Gasteiger partial charge in [-0.3, -0.25) is 14.6 Å². The molecule has 4 rings (SSSR count). The average Bonchev–Trinajstić information content (AvgIpc) is 3.30. The molecular formula is C23H29N5O2. The fourth-order valence-electron chi connectivity index (χ4n) is 4.22. The summed E-state index contributed by atoms with van der Waals surface area (Å²) in [5.41, 5.74) is 9.23. The zero-order chi connectivity index (χ0) is 20.9. The lowest BCUT2D eigenvalue weighted by Gasteiger charge is -2.33. The van der Waals surface area contributed by atoms with Gasteiger partial charge in [-0.2, -0.15) is 0 Å². The lowest BCUT2D eigenvalue weighted by molar-refractivity contribution is -0.136. The molecule has 0 bridgehead atoms. The Morgan fingerprint density at radius 3 is 2.90 bits per heavy atom. The highest BCUT2D eigenvalue weighted by molar-refractivity contribution is 5.93. The molecule has 2 aliphatic rings. The first-order valence-electron chi connectivity index (χ1n) is 10.7. The average molecular weight is 408 g/mol. The van der Waals surface area contributed by atoms with Gasteiger partial charge in [-0.25, -0.2) is 10.9 Å². The molecule has 2 aliphatic heterocycles. The van der Waals surface area contributed by atoms with Crippen molar-refractivity contribution in [3.63, 3.8) is 0 Å². The topological polar surface area (TPSA) is 86.4 Å². The predicted octanol–water partition coefficient (Wildman–Crippen LogP) is 2.43. The van der Waals surface area contributed by atoms with Crippen LogP contribution in [0.5, 0.6) is 0 Å². The van der Waals surface area contributed by atoms with E-state index in [1.165, 1.54) is 5.56 Å². The largest absolute Gasteiger partial charge is 0.341 e. The molecule has 0 aliphatic carbocycles. The smallest absolute Gasteiger partial charge is 0.241 e. The van der Waals surface area contributed by atoms with Crippen LogP contribution in [0.1, 0.15) is 43.5 Å². The third-order valence-corrected chi connectivity index (χ3v) is 5.95. The Morgan fingerprint density at radius 1 is 1.20 bits per heavy atom. The summed E-state index contributed by atoms with van der Waals surface area (Å²) in [5, 5.41) is 3.03. The van der Waals surface area contributed by atoms with Crippen LogP contribution in [0, 0.1) is 5.92 Å². The summed E-state index contributed by atoms with van der Waals surface area (Å²) in [4.78, 5) is 32.1. The van der Waals surface area contributed by atoms with Crippen molar-refractivity contribution < 1.29 is 9.59 Å². The molecule has 1 aromatic carbocycles. The van der Waals surface area contributed by atoms with Gasteiger partial charge in [0.1, 0.15) is 6.04 Å². The quantitative estimate of drug-likeness (QED) is 0.709. The number of amides is 2. The third kappa shape index (κ3) is 4.68. The Hall–Kier alpha value is -2.77. The minimum absolute atomic E-state index is 0.00915. The van der Waals surface area contributed by atoms with Crippen molar-refractivity contribution in [1.29, 1.82) is 0 Å². The molecule has 30 heavy (non-hydrogen) atoms. The Kier molecular flexibility index (Phi) is 6.40. The van der Waals surface area contributed by atoms with Gasteiger partial charge in [-0.15, -0.1) is 0 Å². The first-order chi connectivity index (χ1) is 14.6. The highest BCUT2D eigenvalue weighted by Crippen LogP contribution is 2.24. The maximum absolute atomic E-state index is 13.1. The van der Waals surface area contributed by atoms with Gasteiger partial charge >= 0.3 is 0 Å². The minimum Gasteiger partial charge on any atom is -0.341 e. The molecule has 2 amide bonds. The second-order valence-electron chi connectivity index (χ2n) is 8.05. The van der Waals surface area contributed by atoms with Crippen molar-refractivity contribution in [2.45, 2.75) is 44.7 Å². The maximum atomic E-state index is 13.1. The molecule has 2 aromatic rings. The predicted molar refractivity (Wildman–Crippen MR) is 115 cm³/mol. The van der Waals surface area contributed by atoms with Crippen LogP contribution >= 0.6 is 0 Å². The second-order valence-corrected chi connectivity index (χ2v) is 8.05. The number of hydrogen-bond donors (Lipinski definition) is 3. The first kappa shape index (κ1) is 20.5. The molecule has 158 valence electrons. The summed E-state index contributed by atoms with van der Waals surface area (Å²) in [7, 11) is 0. The van der Waals surface area contributed by atoms with Gasteiger partial charge in [-0.1, -0.05) is 25.1 Å². The van der Waals surface area contributed by atoms with E-state index in [2.05, 4.69) is 34.1 Å². The zero-order valence-electron chi connectivity index (χ0n) is 17.3. The molecule has 3 heterocycles. The standard InChI is InChI=1S/C23H29N5O2/c1-2-16-7-5-9-18(13-16)25-22(29)17-8-6-12-28(15-17)23(30)21-14-20(26-27-21)19-10-3-4-11-24-19/h3-5,7,9-11,13,17,20-21,26-27H,2,6,8,12,14-15H2,1H3,(H,25,29). The molecule has 2 fully saturated rings. The van der Waals surface area contributed by atoms with Crippen LogP contribution in [0.3, 0.4) is 0 Å². The van der Waals surface area contributed by atoms with E-state index in [1.807, 2.05) is 41.3 Å². The van der Waals surface area contributed by atoms with Crippen LogP contribution in [0.4, 0.5) is 5.69 Å². The number of nitrogens with zero attached hydrogens (tertiary/aromatic N) is 2. The van der Waals surface area contributed by atoms with E-state index >= 15 is 0 Å². The zero-order valence-corrected chi connectivity index (χ0v) is 17.3. The second kappa shape index (κ2) is 9.36. The maximum Gasteiger partial charge on any atom is 0.241 e. The molecule has 0 spiro atoms. The molecule has 7 heteroatoms. The number of rotatable bonds is 5. The molecular weight excluding hydrogens is 378 g/mol. The molecule has 1 aromatic heterocycles. The van der Waals surface area contributed by atoms with E-state index in [-0.39, 0.29) is 29.8 Å². The van der Waals surface area contributed by atoms with E-state index in [1.54, 1.807) is 6.20 Å². The summed E-state index contributed by atoms with van der Waals surface area (Å²) >= 11 is 0. The molecule has 3 atom stereocenters. The van der Waals surface area contributed by atoms with Gasteiger partial charge in [0.15, 0.2) is 0 Å². The summed E-state index contributed by atoms with van der Waals surface area (Å²) in [6, 6.07) is 13.4. The summed E-state index contributed by atoms with van der Waals surface area (Å²) in [5.74, 6) is -0.148. The Morgan fingerprint density at radius 2 is 2.10 bits per heavy atom. The number of benzene rings is 1. The van der Waals surface area contributed by atoms with Crippen LogP contribution in [0.25, 0.3) is 0 Å². The molecule has 7 nitrogen and oxygen atoms in total. The van der Waals surface area contributed by atoms with Crippen molar-refractivity contribution in [2.75, 3.05) is 18.4 Å². The van der Waals surface area contributed by atoms with Crippen molar-refractivity contribution in [3.8, 4) is 0 Å². The van der Waals surface area contributed by atoms with E-state index < -0.39 is 0 Å². The van der Waals surface area contributed by atoms with Crippen molar-refractivity contribution in [2.24, 2.45) is 5.92 Å². The Balaban J connectivity index is 1.34. The number of piperidine rings is 1. The number of aromatic nitrogens is 1. The molecule has 3 unspecified atom stereocenters. The van der Waals surface area contributed by atoms with E-state index in [4.69, 9.17) is 0 Å². The van der Waals surface area contributed by atoms with Gasteiger partial charge < -0.3 is 10.2 Å². The summed E-state index contributed by atoms with van der Waals surface area (Å²) in [6.45, 7) is 3.25. The number of hydrogen-bond acceptors (Lipinski definition) is 5. The van der Waals surface area contributed by atoms with Crippen LogP contribution < -0.4 is 16.2 Å². The number of nitrogens with one attached hydrogen (secondary N) is 3. The Bertz CT molecular complexity index is 888. The van der Waals surface area contributed by atoms with Crippen molar-refractivity contribution in [1.82, 2.24) is 20.7 Å². The highest BCUT2D eigenvalue weighted by atomic mass is 16.2. The van der Waals surface area contributed by atoms with Gasteiger partial charge in [0.2, 0.25) is 11.8 Å². The molecule has 0 saturated carbocycles. The van der Waals surface area contributed by atoms with Gasteiger partial charge in [0.25, 0.3) is 0 Å². The lowest BCUT2D eigenvalue weighted by atomic mass is 9.95. The molecule has 3 N–H and O–H groups in total. The lowest BCUT2D eigenvalue weighted by Crippen LogP contribution is -2.50. The van der Waals surface area contributed by atoms with Gasteiger partial charge in [0, 0.05) is 25.0 Å². The van der Waals surface area contributed by atoms with Crippen molar-refractivity contribution in [3.05, 3.63) is 59.9 Å². The number of aryl methyl sites for hydroxylation is 1. The van der Waals surface area contributed by atoms with Crippen LogP contribution in [-0.4, -0.2) is 40.8 Å². The fraction of sp³-hybridized carbons (Fsp3) is 0.435. The number of hydrazine groups is 1. The minimum atomic E-state index is -0.306. The van der Waals surface area contributed by atoms with E-state index in [9.17, 15) is 9.59 Å². The van der Waals surface area contributed by atoms with Crippen LogP contribution in [0.15, 0.2) is 48.7 Å². The normalized spacial score (nSPS) is 23.9. The van der Waals surface area contributed by atoms with Crippen LogP contribution in [0.2, 0.25) is 0 Å². The number of carbonyl (C=O) groups is 2. The van der Waals surface area contributed by atoms with E-state index in [0.717, 1.165) is 30.6 Å². The van der Waals surface area contributed by atoms with Crippen LogP contribution in [-0.2, 0) is 16.0 Å². The van der Waals surface area contributed by atoms with Crippen molar-refractivity contribution >= 4 is 17.5 Å². The third-order valence-electron chi connectivity index (χ3n) is 5.95. The summed E-state index contributed by atoms with van der Waals surface area (Å²) in [6.07, 6.45) is 4.97. The van der Waals surface area contributed by atoms with Gasteiger partial charge in [0.05, 0.1) is 17.7 Å². The summed E-state index contributed by atoms with van der Waals surface area (Å²) < 4.78 is 0. The SMILES string of the molecule is CCc1cccc(NC(=O)C2CCCN(C(=O)C3CC(c4ccccn4)NN3)C2)c1. The molecule has 0 radical (unpaired) electrons. The van der Waals surface area contributed by atoms with Gasteiger partial charge in [-0.05, 0) is 55.5 Å². The monoisotopic (exact) mass is 407 g/mol. The highest BCUT2D eigenvalue weighted by Gasteiger charge is 2.36. The number of likely N-dealkylation sites (tertiary alicyclic amines) is 1. The first-order valence-corrected chi connectivity index (χ1v) is 10.7. The Labute approximate surface area is 177 Å². The fourth-order valence-corrected chi connectivity index (χ4v) is 4.22. The van der Waals surface area contributed by atoms with E-state index in [0.29, 0.717) is 19.5 Å². The number of anilines is 1.